The monoisotopic (exact) mass is 311 g/mol. The van der Waals surface area contributed by atoms with Crippen LogP contribution in [-0.4, -0.2) is 25.2 Å². The largest absolute Gasteiger partial charge is 0.497 e. The number of hydrogen-bond donors (Lipinski definition) is 0. The summed E-state index contributed by atoms with van der Waals surface area (Å²) in [5.41, 5.74) is 1.20. The average molecular weight is 311 g/mol. The van der Waals surface area contributed by atoms with E-state index in [0.29, 0.717) is 29.3 Å². The lowest BCUT2D eigenvalue weighted by Gasteiger charge is -2.34. The number of benzene rings is 1. The Balaban J connectivity index is 1.92. The Labute approximate surface area is 136 Å². The predicted octanol–water partition coefficient (Wildman–Crippen LogP) is 3.70. The van der Waals surface area contributed by atoms with Crippen molar-refractivity contribution in [3.05, 3.63) is 30.0 Å². The van der Waals surface area contributed by atoms with E-state index < -0.39 is 0 Å². The van der Waals surface area contributed by atoms with Gasteiger partial charge in [-0.2, -0.15) is 10.2 Å². The van der Waals surface area contributed by atoms with Crippen LogP contribution in [0.15, 0.2) is 28.7 Å². The van der Waals surface area contributed by atoms with Crippen LogP contribution in [0.4, 0.5) is 5.88 Å². The van der Waals surface area contributed by atoms with Crippen LogP contribution >= 0.6 is 0 Å². The molecule has 3 rings (SSSR count). The second-order valence-corrected chi connectivity index (χ2v) is 6.36. The summed E-state index contributed by atoms with van der Waals surface area (Å²) in [5, 5.41) is 9.40. The van der Waals surface area contributed by atoms with Gasteiger partial charge in [0.1, 0.15) is 11.8 Å². The zero-order chi connectivity index (χ0) is 16.4. The number of ether oxygens (including phenoxy) is 1. The molecule has 5 nitrogen and oxygen atoms in total. The molecule has 1 aromatic heterocycles. The fourth-order valence-electron chi connectivity index (χ4n) is 3.29. The third-order valence-corrected chi connectivity index (χ3v) is 4.21. The van der Waals surface area contributed by atoms with Crippen molar-refractivity contribution in [2.45, 2.75) is 20.3 Å². The van der Waals surface area contributed by atoms with Crippen LogP contribution in [0.25, 0.3) is 11.5 Å². The van der Waals surface area contributed by atoms with Crippen molar-refractivity contribution in [2.75, 3.05) is 25.1 Å². The van der Waals surface area contributed by atoms with Gasteiger partial charge in [0.05, 0.1) is 7.11 Å². The number of nitriles is 1. The molecule has 5 heteroatoms. The minimum absolute atomic E-state index is 0.358. The lowest BCUT2D eigenvalue weighted by molar-refractivity contribution is 0.344. The van der Waals surface area contributed by atoms with Gasteiger partial charge < -0.3 is 14.1 Å². The molecule has 0 spiro atoms. The molecule has 0 aliphatic carbocycles. The molecule has 1 aromatic carbocycles. The van der Waals surface area contributed by atoms with Crippen LogP contribution in [0.2, 0.25) is 0 Å². The predicted molar refractivity (Wildman–Crippen MR) is 88.4 cm³/mol. The summed E-state index contributed by atoms with van der Waals surface area (Å²) in [4.78, 5) is 6.52. The Morgan fingerprint density at radius 3 is 2.43 bits per heavy atom. The van der Waals surface area contributed by atoms with Gasteiger partial charge in [-0.3, -0.25) is 0 Å². The summed E-state index contributed by atoms with van der Waals surface area (Å²) < 4.78 is 11.1. The smallest absolute Gasteiger partial charge is 0.235 e. The summed E-state index contributed by atoms with van der Waals surface area (Å²) in [7, 11) is 1.63. The molecule has 0 saturated carbocycles. The van der Waals surface area contributed by atoms with Crippen molar-refractivity contribution in [3.8, 4) is 23.3 Å². The zero-order valence-electron chi connectivity index (χ0n) is 13.7. The number of methoxy groups -OCH3 is 1. The van der Waals surface area contributed by atoms with E-state index >= 15 is 0 Å². The van der Waals surface area contributed by atoms with Crippen molar-refractivity contribution in [2.24, 2.45) is 11.8 Å². The van der Waals surface area contributed by atoms with E-state index in [0.717, 1.165) is 24.4 Å². The molecule has 0 unspecified atom stereocenters. The normalized spacial score (nSPS) is 21.0. The SMILES string of the molecule is COc1ccc(-c2nc(C#N)c(N3C[C@@H](C)C[C@H](C)C3)o2)cc1. The highest BCUT2D eigenvalue weighted by Crippen LogP contribution is 2.32. The number of rotatable bonds is 3. The van der Waals surface area contributed by atoms with Crippen LogP contribution in [0.5, 0.6) is 5.75 Å². The number of oxazole rings is 1. The quantitative estimate of drug-likeness (QED) is 0.864. The molecule has 1 aliphatic heterocycles. The molecular weight excluding hydrogens is 290 g/mol. The maximum Gasteiger partial charge on any atom is 0.235 e. The third kappa shape index (κ3) is 3.16. The Bertz CT molecular complexity index is 705. The van der Waals surface area contributed by atoms with Crippen LogP contribution < -0.4 is 9.64 Å². The van der Waals surface area contributed by atoms with Gasteiger partial charge in [0, 0.05) is 18.7 Å². The van der Waals surface area contributed by atoms with Gasteiger partial charge in [0.25, 0.3) is 0 Å². The third-order valence-electron chi connectivity index (χ3n) is 4.21. The first kappa shape index (κ1) is 15.4. The molecule has 23 heavy (non-hydrogen) atoms. The van der Waals surface area contributed by atoms with E-state index in [-0.39, 0.29) is 0 Å². The fraction of sp³-hybridized carbons (Fsp3) is 0.444. The fourth-order valence-corrected chi connectivity index (χ4v) is 3.29. The standard InChI is InChI=1S/C18H21N3O2/c1-12-8-13(2)11-21(10-12)18-16(9-19)20-17(23-18)14-4-6-15(22-3)7-5-14/h4-7,12-13H,8,10-11H2,1-3H3/t12-,13-/m0/s1. The molecule has 120 valence electrons. The number of hydrogen-bond acceptors (Lipinski definition) is 5. The highest BCUT2D eigenvalue weighted by molar-refractivity contribution is 5.60. The van der Waals surface area contributed by atoms with Gasteiger partial charge >= 0.3 is 0 Å². The molecule has 2 heterocycles. The zero-order valence-corrected chi connectivity index (χ0v) is 13.7. The molecule has 2 aromatic rings. The van der Waals surface area contributed by atoms with Gasteiger partial charge in [0.15, 0.2) is 0 Å². The van der Waals surface area contributed by atoms with Gasteiger partial charge in [-0.05, 0) is 42.5 Å². The topological polar surface area (TPSA) is 62.3 Å². The summed E-state index contributed by atoms with van der Waals surface area (Å²) in [6.07, 6.45) is 1.21. The highest BCUT2D eigenvalue weighted by atomic mass is 16.5. The number of piperidine rings is 1. The van der Waals surface area contributed by atoms with Gasteiger partial charge in [0.2, 0.25) is 17.5 Å². The van der Waals surface area contributed by atoms with E-state index in [4.69, 9.17) is 9.15 Å². The van der Waals surface area contributed by atoms with E-state index in [1.54, 1.807) is 7.11 Å². The van der Waals surface area contributed by atoms with E-state index in [9.17, 15) is 5.26 Å². The Hall–Kier alpha value is -2.48. The van der Waals surface area contributed by atoms with Crippen molar-refractivity contribution in [1.82, 2.24) is 4.98 Å². The number of aromatic nitrogens is 1. The lowest BCUT2D eigenvalue weighted by Crippen LogP contribution is -2.38. The van der Waals surface area contributed by atoms with Crippen molar-refractivity contribution >= 4 is 5.88 Å². The summed E-state index contributed by atoms with van der Waals surface area (Å²) in [6, 6.07) is 9.65. The molecule has 2 atom stereocenters. The molecule has 1 saturated heterocycles. The first-order valence-corrected chi connectivity index (χ1v) is 7.91. The molecule has 1 fully saturated rings. The Kier molecular flexibility index (Phi) is 4.24. The summed E-state index contributed by atoms with van der Waals surface area (Å²) in [6.45, 7) is 6.26. The van der Waals surface area contributed by atoms with Gasteiger partial charge in [-0.25, -0.2) is 0 Å². The van der Waals surface area contributed by atoms with E-state index in [2.05, 4.69) is 29.8 Å². The Morgan fingerprint density at radius 2 is 1.87 bits per heavy atom. The number of nitrogens with zero attached hydrogens (tertiary/aromatic N) is 3. The first-order chi connectivity index (χ1) is 11.1. The lowest BCUT2D eigenvalue weighted by atomic mass is 9.92. The summed E-state index contributed by atoms with van der Waals surface area (Å²) >= 11 is 0. The first-order valence-electron chi connectivity index (χ1n) is 7.91. The molecule has 0 bridgehead atoms. The van der Waals surface area contributed by atoms with Crippen LogP contribution in [-0.2, 0) is 0 Å². The molecule has 0 radical (unpaired) electrons. The van der Waals surface area contributed by atoms with Gasteiger partial charge in [-0.1, -0.05) is 13.8 Å². The van der Waals surface area contributed by atoms with Crippen molar-refractivity contribution in [3.63, 3.8) is 0 Å². The second-order valence-electron chi connectivity index (χ2n) is 6.36. The summed E-state index contributed by atoms with van der Waals surface area (Å²) in [5.74, 6) is 3.01. The van der Waals surface area contributed by atoms with Gasteiger partial charge in [-0.15, -0.1) is 0 Å². The molecule has 0 amide bonds. The van der Waals surface area contributed by atoms with E-state index in [1.165, 1.54) is 6.42 Å². The minimum Gasteiger partial charge on any atom is -0.497 e. The maximum absolute atomic E-state index is 9.40. The Morgan fingerprint density at radius 1 is 1.22 bits per heavy atom. The molecule has 1 aliphatic rings. The minimum atomic E-state index is 0.358. The maximum atomic E-state index is 9.40. The van der Waals surface area contributed by atoms with E-state index in [1.807, 2.05) is 24.3 Å². The van der Waals surface area contributed by atoms with Crippen LogP contribution in [0.1, 0.15) is 26.0 Å². The molecular formula is C18H21N3O2. The number of anilines is 1. The van der Waals surface area contributed by atoms with Crippen LogP contribution in [0.3, 0.4) is 0 Å². The van der Waals surface area contributed by atoms with Crippen molar-refractivity contribution in [1.29, 1.82) is 5.26 Å². The highest BCUT2D eigenvalue weighted by Gasteiger charge is 2.27. The molecule has 0 N–H and O–H groups in total. The van der Waals surface area contributed by atoms with Crippen molar-refractivity contribution < 1.29 is 9.15 Å². The van der Waals surface area contributed by atoms with Crippen LogP contribution in [0, 0.1) is 23.2 Å². The average Bonchev–Trinajstić information content (AvgIpc) is 2.98. The second kappa shape index (κ2) is 6.33.